The molecule has 0 aromatic heterocycles. The van der Waals surface area contributed by atoms with Crippen molar-refractivity contribution in [3.8, 4) is 0 Å². The van der Waals surface area contributed by atoms with Crippen molar-refractivity contribution < 1.29 is 42.5 Å². The predicted molar refractivity (Wildman–Crippen MR) is 54.6 cm³/mol. The van der Waals surface area contributed by atoms with Gasteiger partial charge in [-0.1, -0.05) is 6.42 Å². The van der Waals surface area contributed by atoms with E-state index in [9.17, 15) is 13.0 Å². The van der Waals surface area contributed by atoms with Crippen LogP contribution < -0.4 is 29.6 Å². The van der Waals surface area contributed by atoms with Crippen molar-refractivity contribution >= 4 is 19.9 Å². The second-order valence-corrected chi connectivity index (χ2v) is 6.49. The van der Waals surface area contributed by atoms with E-state index in [0.29, 0.717) is 16.5 Å². The molecule has 0 fully saturated rings. The zero-order valence-corrected chi connectivity index (χ0v) is 12.7. The molecule has 0 bridgehead atoms. The van der Waals surface area contributed by atoms with E-state index in [2.05, 4.69) is 4.90 Å². The van der Waals surface area contributed by atoms with Crippen LogP contribution >= 0.6 is 10.8 Å². The smallest absolute Gasteiger partial charge is 0.739 e. The molecule has 0 aliphatic heterocycles. The normalized spacial score (nSPS) is 11.4. The van der Waals surface area contributed by atoms with E-state index >= 15 is 0 Å². The summed E-state index contributed by atoms with van der Waals surface area (Å²) in [7, 11) is 0.418. The van der Waals surface area contributed by atoms with Crippen LogP contribution in [0.15, 0.2) is 0 Å². The second-order valence-electron chi connectivity index (χ2n) is 3.09. The third kappa shape index (κ3) is 15.7. The average molecular weight is 249 g/mol. The third-order valence-electron chi connectivity index (χ3n) is 1.48. The molecule has 0 radical (unpaired) electrons. The Hall–Kier alpha value is 1.22. The Morgan fingerprint density at radius 1 is 1.21 bits per heavy atom. The Morgan fingerprint density at radius 2 is 1.79 bits per heavy atom. The Kier molecular flexibility index (Phi) is 11.9. The summed E-state index contributed by atoms with van der Waals surface area (Å²) in [6, 6.07) is 0. The molecule has 0 amide bonds. The van der Waals surface area contributed by atoms with Crippen molar-refractivity contribution in [1.29, 1.82) is 0 Å². The Bertz CT molecular complexity index is 219. The van der Waals surface area contributed by atoms with Gasteiger partial charge in [-0.2, -0.15) is 0 Å². The van der Waals surface area contributed by atoms with Crippen LogP contribution in [0.3, 0.4) is 0 Å². The van der Waals surface area contributed by atoms with Gasteiger partial charge in [-0.25, -0.2) is 8.42 Å². The molecule has 0 atom stereocenters. The zero-order chi connectivity index (χ0) is 10.3. The van der Waals surface area contributed by atoms with Crippen molar-refractivity contribution in [2.45, 2.75) is 19.3 Å². The first kappa shape index (κ1) is 17.6. The summed E-state index contributed by atoms with van der Waals surface area (Å²) in [6.45, 7) is 1.01. The Labute approximate surface area is 112 Å². The summed E-state index contributed by atoms with van der Waals surface area (Å²) < 4.78 is 30.5. The summed E-state index contributed by atoms with van der Waals surface area (Å²) >= 11 is 0. The molecule has 0 saturated heterocycles. The van der Waals surface area contributed by atoms with Crippen LogP contribution in [0.4, 0.5) is 0 Å². The molecule has 14 heavy (non-hydrogen) atoms. The van der Waals surface area contributed by atoms with Crippen molar-refractivity contribution in [3.05, 3.63) is 0 Å². The van der Waals surface area contributed by atoms with Gasteiger partial charge < -0.3 is 9.45 Å². The van der Waals surface area contributed by atoms with Crippen molar-refractivity contribution in [2.24, 2.45) is 0 Å². The number of nitrogens with zero attached hydrogens (tertiary/aromatic N) is 1. The monoisotopic (exact) mass is 249 g/mol. The topological polar surface area (TPSA) is 60.4 Å². The van der Waals surface area contributed by atoms with Gasteiger partial charge in [0.1, 0.15) is 9.15 Å². The number of hydrogen-bond acceptors (Lipinski definition) is 5. The van der Waals surface area contributed by atoms with Gasteiger partial charge in [-0.05, 0) is 44.3 Å². The molecule has 0 saturated carbocycles. The van der Waals surface area contributed by atoms with Crippen molar-refractivity contribution in [3.63, 3.8) is 0 Å². The molecule has 0 N–H and O–H groups in total. The SMILES string of the molecule is CN(C)CCCCCSS(=O)(=O)[O-].[Na+]. The molecule has 0 rings (SSSR count). The predicted octanol–water partition coefficient (Wildman–Crippen LogP) is -2.08. The summed E-state index contributed by atoms with van der Waals surface area (Å²) in [6.07, 6.45) is 2.81. The first-order valence-electron chi connectivity index (χ1n) is 4.17. The van der Waals surface area contributed by atoms with Crippen LogP contribution in [-0.2, 0) is 9.15 Å². The molecule has 0 aromatic carbocycles. The van der Waals surface area contributed by atoms with E-state index in [4.69, 9.17) is 0 Å². The van der Waals surface area contributed by atoms with Gasteiger partial charge in [0, 0.05) is 5.75 Å². The quantitative estimate of drug-likeness (QED) is 0.224. The van der Waals surface area contributed by atoms with E-state index in [1.165, 1.54) is 0 Å². The van der Waals surface area contributed by atoms with Gasteiger partial charge in [0.2, 0.25) is 0 Å². The molecular weight excluding hydrogens is 233 g/mol. The van der Waals surface area contributed by atoms with E-state index in [1.807, 2.05) is 14.1 Å². The molecule has 80 valence electrons. The van der Waals surface area contributed by atoms with Gasteiger partial charge >= 0.3 is 29.6 Å². The summed E-state index contributed by atoms with van der Waals surface area (Å²) in [5, 5.41) is 0. The van der Waals surface area contributed by atoms with E-state index in [1.54, 1.807) is 0 Å². The number of rotatable bonds is 7. The summed E-state index contributed by atoms with van der Waals surface area (Å²) in [4.78, 5) is 2.08. The van der Waals surface area contributed by atoms with Crippen LogP contribution in [-0.4, -0.2) is 44.3 Å². The fourth-order valence-corrected chi connectivity index (χ4v) is 2.36. The second kappa shape index (κ2) is 9.45. The van der Waals surface area contributed by atoms with Crippen molar-refractivity contribution in [1.82, 2.24) is 4.90 Å². The largest absolute Gasteiger partial charge is 1.00 e. The van der Waals surface area contributed by atoms with Gasteiger partial charge in [-0.15, -0.1) is 0 Å². The average Bonchev–Trinajstić information content (AvgIpc) is 1.93. The standard InChI is InChI=1S/C7H17NO3S2.Na/c1-8(2)6-4-3-5-7-12-13(9,10)11;/h3-7H2,1-2H3,(H,9,10,11);/q;+1/p-1. The zero-order valence-electron chi connectivity index (χ0n) is 9.02. The maximum absolute atomic E-state index is 10.2. The van der Waals surface area contributed by atoms with Gasteiger partial charge in [0.15, 0.2) is 0 Å². The van der Waals surface area contributed by atoms with Crippen LogP contribution in [0, 0.1) is 0 Å². The molecule has 0 unspecified atom stereocenters. The Balaban J connectivity index is 0. The van der Waals surface area contributed by atoms with Crippen LogP contribution in [0.2, 0.25) is 0 Å². The molecule has 0 spiro atoms. The molecule has 7 heteroatoms. The maximum atomic E-state index is 10.2. The summed E-state index contributed by atoms with van der Waals surface area (Å²) in [5.74, 6) is 0.416. The number of unbranched alkanes of at least 4 members (excludes halogenated alkanes) is 2. The van der Waals surface area contributed by atoms with Crippen LogP contribution in [0.1, 0.15) is 19.3 Å². The van der Waals surface area contributed by atoms with E-state index in [-0.39, 0.29) is 29.6 Å². The minimum absolute atomic E-state index is 0. The first-order valence-corrected chi connectivity index (χ1v) is 7.08. The molecule has 0 aliphatic rings. The van der Waals surface area contributed by atoms with Gasteiger partial charge in [0.25, 0.3) is 0 Å². The molecule has 0 heterocycles. The van der Waals surface area contributed by atoms with Crippen LogP contribution in [0.5, 0.6) is 0 Å². The first-order chi connectivity index (χ1) is 5.92. The molecule has 0 aliphatic carbocycles. The van der Waals surface area contributed by atoms with Gasteiger partial charge in [0.05, 0.1) is 0 Å². The number of hydrogen-bond donors (Lipinski definition) is 0. The molecular formula is C7H16NNaO3S2. The van der Waals surface area contributed by atoms with E-state index < -0.39 is 9.15 Å². The molecule has 0 aromatic rings. The third-order valence-corrected chi connectivity index (χ3v) is 3.59. The maximum Gasteiger partial charge on any atom is 1.00 e. The minimum Gasteiger partial charge on any atom is -0.739 e. The van der Waals surface area contributed by atoms with Crippen LogP contribution in [0.25, 0.3) is 0 Å². The summed E-state index contributed by atoms with van der Waals surface area (Å²) in [5.41, 5.74) is 0. The van der Waals surface area contributed by atoms with Gasteiger partial charge in [-0.3, -0.25) is 0 Å². The fourth-order valence-electron chi connectivity index (χ4n) is 0.868. The van der Waals surface area contributed by atoms with E-state index in [0.717, 1.165) is 25.8 Å². The minimum atomic E-state index is -4.07. The van der Waals surface area contributed by atoms with Crippen molar-refractivity contribution in [2.75, 3.05) is 26.4 Å². The molecule has 4 nitrogen and oxygen atoms in total. The Morgan fingerprint density at radius 3 is 2.21 bits per heavy atom. The fraction of sp³-hybridized carbons (Fsp3) is 1.00.